The number of hydrogen-bond donors (Lipinski definition) is 1. The Bertz CT molecular complexity index is 525. The summed E-state index contributed by atoms with van der Waals surface area (Å²) in [5.41, 5.74) is 2.37. The summed E-state index contributed by atoms with van der Waals surface area (Å²) in [5, 5.41) is 3.43. The molecule has 0 amide bonds. The fourth-order valence-electron chi connectivity index (χ4n) is 1.88. The molecular formula is C17H21NOS. The first-order chi connectivity index (χ1) is 9.81. The maximum Gasteiger partial charge on any atom is 0.119 e. The lowest BCUT2D eigenvalue weighted by molar-refractivity contribution is 0.317. The molecule has 0 aromatic heterocycles. The summed E-state index contributed by atoms with van der Waals surface area (Å²) in [6.45, 7) is 3.69. The van der Waals surface area contributed by atoms with Crippen LogP contribution in [0.4, 0.5) is 5.69 Å². The van der Waals surface area contributed by atoms with Crippen LogP contribution in [-0.4, -0.2) is 12.9 Å². The van der Waals surface area contributed by atoms with Crippen molar-refractivity contribution in [3.05, 3.63) is 54.1 Å². The monoisotopic (exact) mass is 287 g/mol. The Morgan fingerprint density at radius 1 is 1.10 bits per heavy atom. The molecule has 0 fully saturated rings. The van der Waals surface area contributed by atoms with Gasteiger partial charge in [-0.2, -0.15) is 0 Å². The summed E-state index contributed by atoms with van der Waals surface area (Å²) in [7, 11) is 0. The van der Waals surface area contributed by atoms with E-state index < -0.39 is 0 Å². The van der Waals surface area contributed by atoms with E-state index in [-0.39, 0.29) is 0 Å². The maximum absolute atomic E-state index is 5.65. The lowest BCUT2D eigenvalue weighted by Gasteiger charge is -2.09. The van der Waals surface area contributed by atoms with E-state index in [2.05, 4.69) is 54.9 Å². The van der Waals surface area contributed by atoms with Crippen LogP contribution in [0.1, 0.15) is 18.9 Å². The third kappa shape index (κ3) is 4.49. The first kappa shape index (κ1) is 14.8. The fourth-order valence-corrected chi connectivity index (χ4v) is 2.29. The molecule has 0 spiro atoms. The zero-order valence-corrected chi connectivity index (χ0v) is 12.9. The van der Waals surface area contributed by atoms with E-state index in [4.69, 9.17) is 4.74 Å². The van der Waals surface area contributed by atoms with Gasteiger partial charge in [-0.05, 0) is 54.6 Å². The molecule has 2 aromatic carbocycles. The van der Waals surface area contributed by atoms with Crippen molar-refractivity contribution in [3.8, 4) is 5.75 Å². The summed E-state index contributed by atoms with van der Waals surface area (Å²) in [6, 6.07) is 16.8. The van der Waals surface area contributed by atoms with Gasteiger partial charge in [-0.3, -0.25) is 0 Å². The quantitative estimate of drug-likeness (QED) is 0.738. The smallest absolute Gasteiger partial charge is 0.119 e. The molecule has 0 bridgehead atoms. The SMILES string of the molecule is CCCOc1cccc(CNc2ccc(SC)cc2)c1. The maximum atomic E-state index is 5.65. The van der Waals surface area contributed by atoms with Crippen LogP contribution in [-0.2, 0) is 6.54 Å². The van der Waals surface area contributed by atoms with Crippen LogP contribution < -0.4 is 10.1 Å². The Morgan fingerprint density at radius 2 is 1.90 bits per heavy atom. The molecule has 106 valence electrons. The third-order valence-corrected chi connectivity index (χ3v) is 3.70. The molecule has 3 heteroatoms. The van der Waals surface area contributed by atoms with Crippen molar-refractivity contribution in [3.63, 3.8) is 0 Å². The average Bonchev–Trinajstić information content (AvgIpc) is 2.52. The van der Waals surface area contributed by atoms with E-state index in [0.29, 0.717) is 0 Å². The number of rotatable bonds is 7. The minimum Gasteiger partial charge on any atom is -0.494 e. The second-order valence-corrected chi connectivity index (χ2v) is 5.46. The molecule has 0 saturated heterocycles. The van der Waals surface area contributed by atoms with Crippen molar-refractivity contribution < 1.29 is 4.74 Å². The van der Waals surface area contributed by atoms with Crippen LogP contribution in [0.2, 0.25) is 0 Å². The van der Waals surface area contributed by atoms with Crippen molar-refractivity contribution in [1.29, 1.82) is 0 Å². The largest absolute Gasteiger partial charge is 0.494 e. The van der Waals surface area contributed by atoms with Gasteiger partial charge in [0.2, 0.25) is 0 Å². The molecule has 0 unspecified atom stereocenters. The van der Waals surface area contributed by atoms with Crippen LogP contribution in [0.15, 0.2) is 53.4 Å². The van der Waals surface area contributed by atoms with Crippen LogP contribution >= 0.6 is 11.8 Å². The summed E-state index contributed by atoms with van der Waals surface area (Å²) in [4.78, 5) is 1.28. The molecule has 2 rings (SSSR count). The van der Waals surface area contributed by atoms with Crippen molar-refractivity contribution in [2.75, 3.05) is 18.2 Å². The second kappa shape index (κ2) is 7.85. The van der Waals surface area contributed by atoms with Crippen molar-refractivity contribution >= 4 is 17.4 Å². The van der Waals surface area contributed by atoms with Crippen LogP contribution in [0.25, 0.3) is 0 Å². The number of benzene rings is 2. The normalized spacial score (nSPS) is 10.3. The molecule has 2 nitrogen and oxygen atoms in total. The molecule has 1 N–H and O–H groups in total. The predicted molar refractivity (Wildman–Crippen MR) is 87.8 cm³/mol. The van der Waals surface area contributed by atoms with E-state index in [1.165, 1.54) is 10.5 Å². The third-order valence-electron chi connectivity index (χ3n) is 2.96. The number of ether oxygens (including phenoxy) is 1. The van der Waals surface area contributed by atoms with Gasteiger partial charge in [0.05, 0.1) is 6.61 Å². The van der Waals surface area contributed by atoms with Gasteiger partial charge < -0.3 is 10.1 Å². The number of anilines is 1. The predicted octanol–water partition coefficient (Wildman–Crippen LogP) is 4.81. The van der Waals surface area contributed by atoms with Gasteiger partial charge in [0.1, 0.15) is 5.75 Å². The van der Waals surface area contributed by atoms with Gasteiger partial charge in [0, 0.05) is 17.1 Å². The number of hydrogen-bond acceptors (Lipinski definition) is 3. The molecule has 0 heterocycles. The van der Waals surface area contributed by atoms with Crippen molar-refractivity contribution in [1.82, 2.24) is 0 Å². The van der Waals surface area contributed by atoms with Crippen molar-refractivity contribution in [2.24, 2.45) is 0 Å². The van der Waals surface area contributed by atoms with E-state index in [1.54, 1.807) is 11.8 Å². The Balaban J connectivity index is 1.92. The highest BCUT2D eigenvalue weighted by molar-refractivity contribution is 7.98. The molecule has 0 aliphatic carbocycles. The molecule has 20 heavy (non-hydrogen) atoms. The molecule has 0 saturated carbocycles. The first-order valence-corrected chi connectivity index (χ1v) is 8.14. The van der Waals surface area contributed by atoms with Gasteiger partial charge in [-0.25, -0.2) is 0 Å². The van der Waals surface area contributed by atoms with E-state index in [1.807, 2.05) is 12.1 Å². The molecule has 0 atom stereocenters. The minimum absolute atomic E-state index is 0.771. The summed E-state index contributed by atoms with van der Waals surface area (Å²) < 4.78 is 5.65. The number of thioether (sulfide) groups is 1. The standard InChI is InChI=1S/C17H21NOS/c1-3-11-19-16-6-4-5-14(12-16)13-18-15-7-9-17(20-2)10-8-15/h4-10,12,18H,3,11,13H2,1-2H3. The summed E-state index contributed by atoms with van der Waals surface area (Å²) in [5.74, 6) is 0.948. The molecule has 0 aliphatic rings. The fraction of sp³-hybridized carbons (Fsp3) is 0.294. The zero-order chi connectivity index (χ0) is 14.2. The van der Waals surface area contributed by atoms with Crippen LogP contribution in [0, 0.1) is 0 Å². The van der Waals surface area contributed by atoms with Gasteiger partial charge in [-0.15, -0.1) is 11.8 Å². The van der Waals surface area contributed by atoms with Gasteiger partial charge in [0.25, 0.3) is 0 Å². The highest BCUT2D eigenvalue weighted by atomic mass is 32.2. The summed E-state index contributed by atoms with van der Waals surface area (Å²) >= 11 is 1.76. The lowest BCUT2D eigenvalue weighted by atomic mass is 10.2. The Labute approximate surface area is 125 Å². The van der Waals surface area contributed by atoms with Gasteiger partial charge in [-0.1, -0.05) is 19.1 Å². The summed E-state index contributed by atoms with van der Waals surface area (Å²) in [6.07, 6.45) is 3.12. The highest BCUT2D eigenvalue weighted by Crippen LogP contribution is 2.19. The van der Waals surface area contributed by atoms with Crippen molar-refractivity contribution in [2.45, 2.75) is 24.8 Å². The molecular weight excluding hydrogens is 266 g/mol. The van der Waals surface area contributed by atoms with E-state index >= 15 is 0 Å². The number of nitrogens with one attached hydrogen (secondary N) is 1. The molecule has 0 radical (unpaired) electrons. The average molecular weight is 287 g/mol. The molecule has 0 aliphatic heterocycles. The highest BCUT2D eigenvalue weighted by Gasteiger charge is 1.98. The van der Waals surface area contributed by atoms with Gasteiger partial charge in [0.15, 0.2) is 0 Å². The van der Waals surface area contributed by atoms with Crippen LogP contribution in [0.5, 0.6) is 5.75 Å². The Hall–Kier alpha value is -1.61. The van der Waals surface area contributed by atoms with E-state index in [0.717, 1.165) is 31.0 Å². The Morgan fingerprint density at radius 3 is 2.60 bits per heavy atom. The zero-order valence-electron chi connectivity index (χ0n) is 12.1. The Kier molecular flexibility index (Phi) is 5.81. The lowest BCUT2D eigenvalue weighted by Crippen LogP contribution is -2.00. The topological polar surface area (TPSA) is 21.3 Å². The molecule has 2 aromatic rings. The van der Waals surface area contributed by atoms with E-state index in [9.17, 15) is 0 Å². The van der Waals surface area contributed by atoms with Crippen LogP contribution in [0.3, 0.4) is 0 Å². The van der Waals surface area contributed by atoms with Gasteiger partial charge >= 0.3 is 0 Å². The minimum atomic E-state index is 0.771. The second-order valence-electron chi connectivity index (χ2n) is 4.58. The first-order valence-electron chi connectivity index (χ1n) is 6.91.